The Labute approximate surface area is 181 Å². The second-order valence-corrected chi connectivity index (χ2v) is 11.0. The van der Waals surface area contributed by atoms with Gasteiger partial charge in [-0.3, -0.25) is 0 Å². The van der Waals surface area contributed by atoms with E-state index in [0.717, 1.165) is 38.5 Å². The molecule has 0 spiro atoms. The van der Waals surface area contributed by atoms with Crippen molar-refractivity contribution in [2.24, 2.45) is 11.8 Å². The van der Waals surface area contributed by atoms with Crippen molar-refractivity contribution < 1.29 is 23.7 Å². The van der Waals surface area contributed by atoms with Gasteiger partial charge in [0.2, 0.25) is 0 Å². The zero-order valence-corrected chi connectivity index (χ0v) is 19.1. The molecule has 3 rings (SSSR count). The van der Waals surface area contributed by atoms with Gasteiger partial charge in [0.15, 0.2) is 0 Å². The maximum Gasteiger partial charge on any atom is 0.521 e. The lowest BCUT2D eigenvalue weighted by molar-refractivity contribution is -0.793. The second-order valence-electron chi connectivity index (χ2n) is 9.28. The first-order chi connectivity index (χ1) is 14.4. The molecule has 0 bridgehead atoms. The molecular formula is C24H36NO4P+2. The Balaban J connectivity index is 1.53. The average molecular weight is 434 g/mol. The van der Waals surface area contributed by atoms with Crippen LogP contribution in [0.4, 0.5) is 4.79 Å². The number of carbonyl (C=O) groups is 2. The second kappa shape index (κ2) is 10.6. The third kappa shape index (κ3) is 5.36. The monoisotopic (exact) mass is 433 g/mol. The van der Waals surface area contributed by atoms with Crippen LogP contribution in [0.15, 0.2) is 30.3 Å². The molecule has 1 aliphatic heterocycles. The van der Waals surface area contributed by atoms with E-state index < -0.39 is 18.4 Å². The van der Waals surface area contributed by atoms with Gasteiger partial charge in [-0.15, -0.1) is 0 Å². The maximum absolute atomic E-state index is 13.1. The predicted molar refractivity (Wildman–Crippen MR) is 119 cm³/mol. The number of aryl methyl sites for hydroxylation is 1. The highest BCUT2D eigenvalue weighted by Crippen LogP contribution is 2.42. The molecule has 3 unspecified atom stereocenters. The molecule has 5 nitrogen and oxygen atoms in total. The van der Waals surface area contributed by atoms with Crippen molar-refractivity contribution in [1.29, 1.82) is 0 Å². The summed E-state index contributed by atoms with van der Waals surface area (Å²) in [6, 6.07) is 9.96. The van der Waals surface area contributed by atoms with E-state index >= 15 is 0 Å². The van der Waals surface area contributed by atoms with E-state index in [2.05, 4.69) is 12.1 Å². The van der Waals surface area contributed by atoms with Crippen LogP contribution in [0.3, 0.4) is 0 Å². The van der Waals surface area contributed by atoms with Crippen LogP contribution >= 0.6 is 7.80 Å². The number of amides is 2. The fourth-order valence-corrected chi connectivity index (χ4v) is 6.82. The Morgan fingerprint density at radius 1 is 1.07 bits per heavy atom. The van der Waals surface area contributed by atoms with Crippen molar-refractivity contribution in [3.05, 3.63) is 35.9 Å². The van der Waals surface area contributed by atoms with E-state index in [9.17, 15) is 19.3 Å². The molecule has 2 fully saturated rings. The Bertz CT molecular complexity index is 747. The van der Waals surface area contributed by atoms with Crippen molar-refractivity contribution in [3.8, 4) is 0 Å². The third-order valence-electron chi connectivity index (χ3n) is 7.30. The van der Waals surface area contributed by atoms with Crippen LogP contribution in [-0.4, -0.2) is 46.5 Å². The molecule has 1 N–H and O–H groups in total. The third-order valence-corrected chi connectivity index (χ3v) is 8.74. The SMILES string of the molecule is C[C@@H]1CC(C2CCCCC2)C[N+]1(C(=O)O)C(=O)C[P+](=O)CCCCc1ccccc1. The van der Waals surface area contributed by atoms with Gasteiger partial charge in [-0.2, -0.15) is 9.28 Å². The molecule has 30 heavy (non-hydrogen) atoms. The lowest BCUT2D eigenvalue weighted by Crippen LogP contribution is -2.59. The first-order valence-electron chi connectivity index (χ1n) is 11.5. The minimum absolute atomic E-state index is 0.102. The summed E-state index contributed by atoms with van der Waals surface area (Å²) in [5, 5.41) is 10.0. The molecule has 164 valence electrons. The minimum atomic E-state index is -1.70. The number of nitrogens with zero attached hydrogens (tertiary/aromatic N) is 1. The van der Waals surface area contributed by atoms with Gasteiger partial charge in [0.05, 0.1) is 0 Å². The smallest absolute Gasteiger partial charge is 0.435 e. The topological polar surface area (TPSA) is 71.4 Å². The molecule has 4 atom stereocenters. The normalized spacial score (nSPS) is 27.7. The van der Waals surface area contributed by atoms with Gasteiger partial charge in [0, 0.05) is 12.3 Å². The molecule has 1 heterocycles. The number of hydrogen-bond acceptors (Lipinski definition) is 3. The summed E-state index contributed by atoms with van der Waals surface area (Å²) in [4.78, 5) is 25.4. The van der Waals surface area contributed by atoms with Crippen LogP contribution in [0.5, 0.6) is 0 Å². The number of carboxylic acid groups (broad SMARTS) is 1. The molecule has 0 aromatic heterocycles. The van der Waals surface area contributed by atoms with Gasteiger partial charge in [0.1, 0.15) is 18.7 Å². The van der Waals surface area contributed by atoms with Crippen molar-refractivity contribution in [1.82, 2.24) is 0 Å². The summed E-state index contributed by atoms with van der Waals surface area (Å²) >= 11 is 0. The first kappa shape index (κ1) is 23.1. The summed E-state index contributed by atoms with van der Waals surface area (Å²) in [7, 11) is -1.70. The number of carbonyl (C=O) groups excluding carboxylic acids is 1. The Morgan fingerprint density at radius 3 is 2.43 bits per heavy atom. The van der Waals surface area contributed by atoms with Crippen LogP contribution in [0, 0.1) is 11.8 Å². The number of benzene rings is 1. The lowest BCUT2D eigenvalue weighted by Gasteiger charge is -2.30. The van der Waals surface area contributed by atoms with Crippen LogP contribution in [-0.2, 0) is 15.8 Å². The Hall–Kier alpha value is -1.58. The fraction of sp³-hybridized carbons (Fsp3) is 0.667. The lowest BCUT2D eigenvalue weighted by atomic mass is 9.79. The predicted octanol–water partition coefficient (Wildman–Crippen LogP) is 5.85. The van der Waals surface area contributed by atoms with E-state index in [1.165, 1.54) is 24.8 Å². The number of imide groups is 1. The Morgan fingerprint density at radius 2 is 1.77 bits per heavy atom. The number of quaternary nitrogens is 1. The molecule has 2 amide bonds. The molecule has 6 heteroatoms. The van der Waals surface area contributed by atoms with E-state index in [0.29, 0.717) is 24.5 Å². The molecule has 1 aliphatic carbocycles. The minimum Gasteiger partial charge on any atom is -0.435 e. The number of likely N-dealkylation sites (tertiary alicyclic amines) is 1. The van der Waals surface area contributed by atoms with E-state index in [1.807, 2.05) is 25.1 Å². The van der Waals surface area contributed by atoms with Crippen molar-refractivity contribution in [2.75, 3.05) is 18.9 Å². The number of hydrogen-bond donors (Lipinski definition) is 1. The first-order valence-corrected chi connectivity index (χ1v) is 13.2. The van der Waals surface area contributed by atoms with Crippen molar-refractivity contribution >= 4 is 19.8 Å². The molecular weight excluding hydrogens is 397 g/mol. The largest absolute Gasteiger partial charge is 0.521 e. The van der Waals surface area contributed by atoms with Gasteiger partial charge in [-0.05, 0) is 50.5 Å². The molecule has 1 aromatic rings. The van der Waals surface area contributed by atoms with Crippen LogP contribution < -0.4 is 0 Å². The molecule has 0 radical (unpaired) electrons. The molecule has 1 saturated heterocycles. The zero-order valence-electron chi connectivity index (χ0n) is 18.2. The summed E-state index contributed by atoms with van der Waals surface area (Å²) in [6.07, 6.45) is 8.79. The summed E-state index contributed by atoms with van der Waals surface area (Å²) < 4.78 is 12.1. The summed E-state index contributed by atoms with van der Waals surface area (Å²) in [6.45, 7) is 2.28. The van der Waals surface area contributed by atoms with Gasteiger partial charge in [-0.25, -0.2) is 4.79 Å². The average Bonchev–Trinajstić information content (AvgIpc) is 3.11. The zero-order chi connectivity index (χ0) is 21.6. The summed E-state index contributed by atoms with van der Waals surface area (Å²) in [5.74, 6) is 0.488. The standard InChI is InChI=1S/C24H35NO4P/c1-19-16-22(21-13-6-3-7-14-21)17-25(19,24(27)28)23(26)18-30(29)15-9-8-12-20-10-4-2-5-11-20/h2,4-5,10-11,19,21-22H,3,6-9,12-18H2,1H3/q+1/p+1/t19-,22?,25?/m1/s1. The van der Waals surface area contributed by atoms with E-state index in [1.54, 1.807) is 0 Å². The molecule has 1 saturated carbocycles. The summed E-state index contributed by atoms with van der Waals surface area (Å²) in [5.41, 5.74) is 1.26. The van der Waals surface area contributed by atoms with Gasteiger partial charge in [-0.1, -0.05) is 54.2 Å². The quantitative estimate of drug-likeness (QED) is 0.317. The highest BCUT2D eigenvalue weighted by Gasteiger charge is 2.58. The molecule has 1 aromatic carbocycles. The van der Waals surface area contributed by atoms with Crippen molar-refractivity contribution in [3.63, 3.8) is 0 Å². The maximum atomic E-state index is 13.1. The van der Waals surface area contributed by atoms with Gasteiger partial charge in [0.25, 0.3) is 6.16 Å². The van der Waals surface area contributed by atoms with Crippen LogP contribution in [0.25, 0.3) is 0 Å². The van der Waals surface area contributed by atoms with Gasteiger partial charge >= 0.3 is 19.8 Å². The van der Waals surface area contributed by atoms with Gasteiger partial charge < -0.3 is 5.11 Å². The van der Waals surface area contributed by atoms with E-state index in [-0.39, 0.29) is 18.1 Å². The van der Waals surface area contributed by atoms with Crippen LogP contribution in [0.2, 0.25) is 0 Å². The Kier molecular flexibility index (Phi) is 8.19. The molecule has 2 aliphatic rings. The van der Waals surface area contributed by atoms with Crippen LogP contribution in [0.1, 0.15) is 63.9 Å². The fourth-order valence-electron chi connectivity index (χ4n) is 5.53. The highest BCUT2D eigenvalue weighted by molar-refractivity contribution is 7.45. The number of rotatable bonds is 8. The van der Waals surface area contributed by atoms with Crippen molar-refractivity contribution in [2.45, 2.75) is 70.8 Å². The number of unbranched alkanes of at least 4 members (excludes halogenated alkanes) is 1. The van der Waals surface area contributed by atoms with E-state index in [4.69, 9.17) is 0 Å². The highest BCUT2D eigenvalue weighted by atomic mass is 31.1.